The molecule has 0 saturated heterocycles. The van der Waals surface area contributed by atoms with Crippen LogP contribution in [0.2, 0.25) is 0 Å². The number of rotatable bonds is 45. The molecule has 6 amide bonds. The van der Waals surface area contributed by atoms with Gasteiger partial charge in [0.2, 0.25) is 5.91 Å². The smallest absolute Gasteiger partial charge is 0.407 e. The molecule has 85 heavy (non-hydrogen) atoms. The molecule has 2 aromatic carbocycles. The Labute approximate surface area is 499 Å². The first kappa shape index (κ1) is 72.5. The van der Waals surface area contributed by atoms with Gasteiger partial charge in [0.25, 0.3) is 17.7 Å². The number of imide groups is 1. The minimum Gasteiger partial charge on any atom is -0.444 e. The summed E-state index contributed by atoms with van der Waals surface area (Å²) in [5.74, 6) is -2.84. The summed E-state index contributed by atoms with van der Waals surface area (Å²) >= 11 is 0. The van der Waals surface area contributed by atoms with Gasteiger partial charge in [-0.1, -0.05) is 36.4 Å². The fourth-order valence-corrected chi connectivity index (χ4v) is 8.32. The highest BCUT2D eigenvalue weighted by Crippen LogP contribution is 2.34. The molecule has 0 radical (unpaired) electrons. The van der Waals surface area contributed by atoms with Crippen LogP contribution in [-0.2, 0) is 61.8 Å². The van der Waals surface area contributed by atoms with E-state index in [1.165, 1.54) is 25.1 Å². The van der Waals surface area contributed by atoms with Gasteiger partial charge < -0.3 is 83.1 Å². The first-order valence-electron chi connectivity index (χ1n) is 28.7. The summed E-state index contributed by atoms with van der Waals surface area (Å²) in [5.41, 5.74) is 0.00625. The lowest BCUT2D eigenvalue weighted by Crippen LogP contribution is -2.40. The summed E-state index contributed by atoms with van der Waals surface area (Å²) < 4.78 is 55.4. The molecule has 3 unspecified atom stereocenters. The number of ether oxygens (including phenoxy) is 10. The molecule has 25 nitrogen and oxygen atoms in total. The Morgan fingerprint density at radius 2 is 1.09 bits per heavy atom. The fourth-order valence-electron chi connectivity index (χ4n) is 8.32. The van der Waals surface area contributed by atoms with Crippen LogP contribution in [0.4, 0.5) is 15.3 Å². The maximum atomic E-state index is 14.5. The predicted octanol–water partition coefficient (Wildman–Crippen LogP) is 4.93. The van der Waals surface area contributed by atoms with E-state index in [4.69, 9.17) is 47.4 Å². The molecule has 0 saturated carbocycles. The van der Waals surface area contributed by atoms with Crippen LogP contribution in [0.5, 0.6) is 0 Å². The number of likely N-dealkylation sites (N-methyl/N-ethyl adjacent to an activating group) is 1. The Morgan fingerprint density at radius 3 is 1.58 bits per heavy atom. The SMILES string of the molecule is CNC(=O)CCC(/C=C/C(CCOCCOCCOCCOCCNC(=O)OC(C)(C)C)c1cccc(C=O)c1C(=O)N(C)C(C=O)CCC=O)N1C(=O)c2cccc(NCCOCCOCCOCCOCCNC(=O)OC(C)(C)C)c2C1=O. The van der Waals surface area contributed by atoms with E-state index in [0.717, 1.165) is 4.90 Å². The largest absolute Gasteiger partial charge is 0.444 e. The van der Waals surface area contributed by atoms with Crippen molar-refractivity contribution in [1.29, 1.82) is 0 Å². The number of nitrogens with zero attached hydrogens (tertiary/aromatic N) is 2. The monoisotopic (exact) mass is 1200 g/mol. The van der Waals surface area contributed by atoms with Crippen molar-refractivity contribution < 1.29 is 90.5 Å². The number of hydrogen-bond donors (Lipinski definition) is 4. The van der Waals surface area contributed by atoms with Gasteiger partial charge in [0, 0.05) is 70.3 Å². The zero-order valence-corrected chi connectivity index (χ0v) is 50.7. The number of amides is 6. The summed E-state index contributed by atoms with van der Waals surface area (Å²) in [6, 6.07) is 7.73. The van der Waals surface area contributed by atoms with Crippen LogP contribution in [0.3, 0.4) is 0 Å². The number of nitrogens with one attached hydrogen (secondary N) is 4. The first-order valence-corrected chi connectivity index (χ1v) is 28.7. The van der Waals surface area contributed by atoms with E-state index in [9.17, 15) is 43.2 Å². The van der Waals surface area contributed by atoms with Gasteiger partial charge in [0.15, 0.2) is 6.29 Å². The van der Waals surface area contributed by atoms with Gasteiger partial charge >= 0.3 is 12.2 Å². The third kappa shape index (κ3) is 28.4. The van der Waals surface area contributed by atoms with Crippen molar-refractivity contribution in [3.63, 3.8) is 0 Å². The maximum absolute atomic E-state index is 14.5. The minimum atomic E-state index is -0.971. The average molecular weight is 1200 g/mol. The molecule has 0 bridgehead atoms. The van der Waals surface area contributed by atoms with Crippen LogP contribution < -0.4 is 21.3 Å². The molecule has 4 N–H and O–H groups in total. The van der Waals surface area contributed by atoms with Crippen molar-refractivity contribution >= 4 is 60.4 Å². The van der Waals surface area contributed by atoms with Crippen LogP contribution >= 0.6 is 0 Å². The van der Waals surface area contributed by atoms with Crippen LogP contribution in [0, 0.1) is 0 Å². The van der Waals surface area contributed by atoms with E-state index in [1.807, 2.05) is 0 Å². The molecule has 25 heteroatoms. The quantitative estimate of drug-likeness (QED) is 0.0296. The third-order valence-corrected chi connectivity index (χ3v) is 12.4. The highest BCUT2D eigenvalue weighted by atomic mass is 16.6. The van der Waals surface area contributed by atoms with E-state index >= 15 is 0 Å². The van der Waals surface area contributed by atoms with Crippen molar-refractivity contribution in [2.75, 3.05) is 145 Å². The summed E-state index contributed by atoms with van der Waals surface area (Å²) in [6.45, 7) is 16.1. The van der Waals surface area contributed by atoms with Crippen molar-refractivity contribution in [3.05, 3.63) is 76.4 Å². The van der Waals surface area contributed by atoms with Crippen LogP contribution in [0.25, 0.3) is 0 Å². The number of hydrogen-bond acceptors (Lipinski definition) is 20. The average Bonchev–Trinajstić information content (AvgIpc) is 2.50. The van der Waals surface area contributed by atoms with Crippen LogP contribution in [0.15, 0.2) is 48.6 Å². The van der Waals surface area contributed by atoms with E-state index in [2.05, 4.69) is 21.3 Å². The van der Waals surface area contributed by atoms with Gasteiger partial charge in [-0.05, 0) is 78.5 Å². The van der Waals surface area contributed by atoms with Gasteiger partial charge in [-0.15, -0.1) is 0 Å². The number of alkyl carbamates (subject to hydrolysis) is 2. The molecule has 2 aromatic rings. The van der Waals surface area contributed by atoms with E-state index < -0.39 is 59.1 Å². The zero-order chi connectivity index (χ0) is 62.5. The number of benzene rings is 2. The lowest BCUT2D eigenvalue weighted by atomic mass is 9.87. The van der Waals surface area contributed by atoms with Gasteiger partial charge in [-0.25, -0.2) is 9.59 Å². The molecule has 0 fully saturated rings. The third-order valence-electron chi connectivity index (χ3n) is 12.4. The summed E-state index contributed by atoms with van der Waals surface area (Å²) in [4.78, 5) is 118. The molecule has 3 atom stereocenters. The lowest BCUT2D eigenvalue weighted by molar-refractivity contribution is -0.121. The standard InChI is InChI=1S/C60H90N6O19/c1-59(2,3)84-57(74)63-23-28-78-32-36-82-39-38-80-34-30-76-26-21-44(48-14-9-12-45(42-68)52(48)55(72)65(8)47(43-69)13-11-25-67)17-18-46(19-20-51(70)61-7)66-54(71)49-15-10-16-50(53(49)56(66)73)62-22-27-77-31-35-81-40-41-83-37-33-79-29-24-64-58(75)85-60(4,5)6/h9-10,12,14-18,25,42-44,46-47,62H,11,13,19-24,26-41H2,1-8H3,(H,61,70)(H,63,74)(H,64,75)/b18-17+. The van der Waals surface area contributed by atoms with Crippen molar-refractivity contribution in [2.45, 2.75) is 103 Å². The normalized spacial score (nSPS) is 13.4. The molecular weight excluding hydrogens is 1110 g/mol. The highest BCUT2D eigenvalue weighted by Gasteiger charge is 2.41. The Kier molecular flexibility index (Phi) is 34.6. The van der Waals surface area contributed by atoms with E-state index in [-0.39, 0.29) is 120 Å². The lowest BCUT2D eigenvalue weighted by Gasteiger charge is -2.27. The molecular formula is C60H90N6O19. The minimum absolute atomic E-state index is 0.0151. The predicted molar refractivity (Wildman–Crippen MR) is 313 cm³/mol. The van der Waals surface area contributed by atoms with Crippen molar-refractivity contribution in [3.8, 4) is 0 Å². The molecule has 1 aliphatic heterocycles. The van der Waals surface area contributed by atoms with Crippen molar-refractivity contribution in [1.82, 2.24) is 25.8 Å². The number of anilines is 1. The molecule has 1 aliphatic rings. The highest BCUT2D eigenvalue weighted by molar-refractivity contribution is 6.24. The number of carbonyl (C=O) groups is 9. The molecule has 0 aliphatic carbocycles. The Hall–Kier alpha value is -6.71. The Balaban J connectivity index is 1.66. The Morgan fingerprint density at radius 1 is 0.600 bits per heavy atom. The summed E-state index contributed by atoms with van der Waals surface area (Å²) in [7, 11) is 2.90. The molecule has 1 heterocycles. The zero-order valence-electron chi connectivity index (χ0n) is 50.7. The van der Waals surface area contributed by atoms with E-state index in [0.29, 0.717) is 96.1 Å². The summed E-state index contributed by atoms with van der Waals surface area (Å²) in [6.07, 6.45) is 4.38. The number of fused-ring (bicyclic) bond motifs is 1. The van der Waals surface area contributed by atoms with Crippen molar-refractivity contribution in [2.24, 2.45) is 0 Å². The van der Waals surface area contributed by atoms with E-state index in [1.54, 1.807) is 84.0 Å². The van der Waals surface area contributed by atoms with Gasteiger partial charge in [-0.2, -0.15) is 0 Å². The van der Waals surface area contributed by atoms with Crippen LogP contribution in [-0.4, -0.2) is 227 Å². The second kappa shape index (κ2) is 40.6. The summed E-state index contributed by atoms with van der Waals surface area (Å²) in [5, 5.41) is 11.0. The van der Waals surface area contributed by atoms with Gasteiger partial charge in [-0.3, -0.25) is 28.9 Å². The molecule has 0 aromatic heterocycles. The number of allylic oxidation sites excluding steroid dienone is 1. The second-order valence-electron chi connectivity index (χ2n) is 21.2. The number of carbonyl (C=O) groups excluding carboxylic acids is 9. The number of aldehydes is 3. The molecule has 0 spiro atoms. The first-order chi connectivity index (χ1) is 40.8. The van der Waals surface area contributed by atoms with Gasteiger partial charge in [0.05, 0.1) is 128 Å². The fraction of sp³-hybridized carbons (Fsp3) is 0.617. The Bertz CT molecular complexity index is 2430. The van der Waals surface area contributed by atoms with Crippen LogP contribution in [0.1, 0.15) is 127 Å². The molecule has 474 valence electrons. The molecule has 3 rings (SSSR count). The second-order valence-corrected chi connectivity index (χ2v) is 21.2. The maximum Gasteiger partial charge on any atom is 0.407 e. The van der Waals surface area contributed by atoms with Gasteiger partial charge in [0.1, 0.15) is 23.8 Å². The topological polar surface area (TPSA) is 301 Å².